The number of alkyl halides is 3. The number of aliphatic carboxylic acids is 1. The molecule has 1 N–H and O–H groups in total. The summed E-state index contributed by atoms with van der Waals surface area (Å²) in [4.78, 5) is 27.1. The van der Waals surface area contributed by atoms with E-state index in [0.29, 0.717) is 25.8 Å². The van der Waals surface area contributed by atoms with Crippen LogP contribution in [0.4, 0.5) is 13.2 Å². The fourth-order valence-corrected chi connectivity index (χ4v) is 7.97. The second-order valence-electron chi connectivity index (χ2n) is 10.3. The van der Waals surface area contributed by atoms with Crippen molar-refractivity contribution in [1.29, 1.82) is 0 Å². The van der Waals surface area contributed by atoms with Gasteiger partial charge in [-0.15, -0.1) is 0 Å². The minimum atomic E-state index is -4.26. The zero-order valence-electron chi connectivity index (χ0n) is 15.4. The average Bonchev–Trinajstić information content (AvgIpc) is 3.09. The van der Waals surface area contributed by atoms with Crippen LogP contribution >= 0.6 is 0 Å². The van der Waals surface area contributed by atoms with Crippen LogP contribution in [-0.2, 0) is 9.59 Å². The van der Waals surface area contributed by atoms with E-state index < -0.39 is 28.4 Å². The van der Waals surface area contributed by atoms with Crippen LogP contribution in [0.15, 0.2) is 0 Å². The molecule has 0 radical (unpaired) electrons. The third-order valence-electron chi connectivity index (χ3n) is 8.70. The minimum absolute atomic E-state index is 0.0210. The van der Waals surface area contributed by atoms with E-state index >= 15 is 0 Å². The van der Waals surface area contributed by atoms with Gasteiger partial charge < -0.3 is 10.0 Å². The molecule has 4 bridgehead atoms. The maximum absolute atomic E-state index is 14.0. The summed E-state index contributed by atoms with van der Waals surface area (Å²) < 4.78 is 41.9. The van der Waals surface area contributed by atoms with E-state index in [2.05, 4.69) is 0 Å². The Kier molecular flexibility index (Phi) is 3.43. The monoisotopic (exact) mass is 385 g/mol. The van der Waals surface area contributed by atoms with Crippen molar-refractivity contribution in [2.24, 2.45) is 34.0 Å². The Morgan fingerprint density at radius 2 is 1.74 bits per heavy atom. The lowest BCUT2D eigenvalue weighted by atomic mass is 9.43. The summed E-state index contributed by atoms with van der Waals surface area (Å²) in [5.74, 6) is -1.12. The number of carbonyl (C=O) groups excluding carboxylic acids is 1. The lowest BCUT2D eigenvalue weighted by molar-refractivity contribution is -0.284. The van der Waals surface area contributed by atoms with Crippen LogP contribution in [0.25, 0.3) is 0 Å². The summed E-state index contributed by atoms with van der Waals surface area (Å²) in [5, 5.41) is 9.77. The molecule has 27 heavy (non-hydrogen) atoms. The molecule has 0 aromatic carbocycles. The molecule has 0 aromatic heterocycles. The SMILES string of the molecule is O=C(N1C[C@@H]2CCC[C@@]2(C(=O)O)C1)C12CC3CC(C1)CC(C(F)(F)F)(C3)C2. The van der Waals surface area contributed by atoms with Crippen LogP contribution in [0.2, 0.25) is 0 Å². The zero-order valence-corrected chi connectivity index (χ0v) is 15.4. The van der Waals surface area contributed by atoms with Gasteiger partial charge in [-0.25, -0.2) is 0 Å². The van der Waals surface area contributed by atoms with Crippen LogP contribution in [0.3, 0.4) is 0 Å². The van der Waals surface area contributed by atoms with Crippen molar-refractivity contribution in [2.45, 2.75) is 64.0 Å². The molecule has 0 aromatic rings. The number of carboxylic acids is 1. The second kappa shape index (κ2) is 5.20. The fourth-order valence-electron chi connectivity index (χ4n) is 7.97. The van der Waals surface area contributed by atoms with Crippen molar-refractivity contribution in [1.82, 2.24) is 4.90 Å². The Bertz CT molecular complexity index is 691. The minimum Gasteiger partial charge on any atom is -0.481 e. The predicted octanol–water partition coefficient (Wildman–Crippen LogP) is 3.85. The largest absolute Gasteiger partial charge is 0.481 e. The van der Waals surface area contributed by atoms with Gasteiger partial charge in [-0.3, -0.25) is 9.59 Å². The van der Waals surface area contributed by atoms with Gasteiger partial charge in [-0.05, 0) is 69.1 Å². The summed E-state index contributed by atoms with van der Waals surface area (Å²) in [6.45, 7) is 0.586. The van der Waals surface area contributed by atoms with Crippen LogP contribution in [0.5, 0.6) is 0 Å². The molecule has 1 amide bonds. The highest BCUT2D eigenvalue weighted by Crippen LogP contribution is 2.70. The number of nitrogens with zero attached hydrogens (tertiary/aromatic N) is 1. The van der Waals surface area contributed by atoms with Crippen molar-refractivity contribution >= 4 is 11.9 Å². The van der Waals surface area contributed by atoms with Crippen molar-refractivity contribution in [3.8, 4) is 0 Å². The van der Waals surface area contributed by atoms with E-state index in [4.69, 9.17) is 0 Å². The van der Waals surface area contributed by atoms with Gasteiger partial charge in [0.2, 0.25) is 5.91 Å². The first kappa shape index (κ1) is 17.8. The summed E-state index contributed by atoms with van der Waals surface area (Å²) in [7, 11) is 0. The predicted molar refractivity (Wildman–Crippen MR) is 89.6 cm³/mol. The maximum atomic E-state index is 14.0. The highest BCUT2D eigenvalue weighted by Gasteiger charge is 2.70. The molecule has 2 unspecified atom stereocenters. The van der Waals surface area contributed by atoms with E-state index in [9.17, 15) is 27.9 Å². The normalized spacial score (nSPS) is 48.1. The van der Waals surface area contributed by atoms with Gasteiger partial charge >= 0.3 is 12.1 Å². The number of carboxylic acid groups (broad SMARTS) is 1. The Hall–Kier alpha value is -1.27. The molecule has 6 fully saturated rings. The summed E-state index contributed by atoms with van der Waals surface area (Å²) in [6.07, 6.45) is 0.134. The molecule has 0 spiro atoms. The zero-order chi connectivity index (χ0) is 19.2. The molecule has 5 saturated carbocycles. The van der Waals surface area contributed by atoms with Gasteiger partial charge in [0.1, 0.15) is 0 Å². The van der Waals surface area contributed by atoms with Crippen molar-refractivity contribution in [3.63, 3.8) is 0 Å². The van der Waals surface area contributed by atoms with Crippen LogP contribution in [0.1, 0.15) is 57.8 Å². The lowest BCUT2D eigenvalue weighted by Crippen LogP contribution is -2.61. The van der Waals surface area contributed by atoms with Crippen molar-refractivity contribution in [2.75, 3.05) is 13.1 Å². The molecule has 150 valence electrons. The Morgan fingerprint density at radius 1 is 1.07 bits per heavy atom. The summed E-state index contributed by atoms with van der Waals surface area (Å²) in [6, 6.07) is 0. The van der Waals surface area contributed by atoms with E-state index in [0.717, 1.165) is 19.3 Å². The van der Waals surface area contributed by atoms with Crippen molar-refractivity contribution < 1.29 is 27.9 Å². The quantitative estimate of drug-likeness (QED) is 0.786. The third-order valence-corrected chi connectivity index (χ3v) is 8.70. The number of carbonyl (C=O) groups is 2. The molecule has 1 saturated heterocycles. The Labute approximate surface area is 156 Å². The Balaban J connectivity index is 1.45. The van der Waals surface area contributed by atoms with Gasteiger partial charge in [0.15, 0.2) is 0 Å². The van der Waals surface area contributed by atoms with Crippen LogP contribution in [-0.4, -0.2) is 41.1 Å². The average molecular weight is 385 g/mol. The van der Waals surface area contributed by atoms with E-state index in [1.54, 1.807) is 4.90 Å². The molecule has 5 aliphatic carbocycles. The van der Waals surface area contributed by atoms with Gasteiger partial charge in [0, 0.05) is 13.1 Å². The van der Waals surface area contributed by atoms with E-state index in [-0.39, 0.29) is 49.5 Å². The number of rotatable bonds is 2. The van der Waals surface area contributed by atoms with Gasteiger partial charge in [0.25, 0.3) is 0 Å². The number of likely N-dealkylation sites (tertiary alicyclic amines) is 1. The highest BCUT2D eigenvalue weighted by atomic mass is 19.4. The van der Waals surface area contributed by atoms with E-state index in [1.165, 1.54) is 0 Å². The molecular weight excluding hydrogens is 359 g/mol. The molecule has 1 aliphatic heterocycles. The second-order valence-corrected chi connectivity index (χ2v) is 10.3. The number of fused-ring (bicyclic) bond motifs is 1. The van der Waals surface area contributed by atoms with Crippen molar-refractivity contribution in [3.05, 3.63) is 0 Å². The number of hydrogen-bond donors (Lipinski definition) is 1. The Morgan fingerprint density at radius 3 is 2.30 bits per heavy atom. The summed E-state index contributed by atoms with van der Waals surface area (Å²) >= 11 is 0. The maximum Gasteiger partial charge on any atom is 0.394 e. The van der Waals surface area contributed by atoms with Gasteiger partial charge in [-0.2, -0.15) is 13.2 Å². The van der Waals surface area contributed by atoms with E-state index in [1.807, 2.05) is 0 Å². The summed E-state index contributed by atoms with van der Waals surface area (Å²) in [5.41, 5.74) is -3.50. The molecule has 1 heterocycles. The smallest absolute Gasteiger partial charge is 0.394 e. The lowest BCUT2D eigenvalue weighted by Gasteiger charge is -2.61. The molecule has 6 aliphatic rings. The molecular formula is C20H26F3NO3. The number of hydrogen-bond acceptors (Lipinski definition) is 2. The van der Waals surface area contributed by atoms with Crippen LogP contribution < -0.4 is 0 Å². The first-order valence-corrected chi connectivity index (χ1v) is 10.2. The standard InChI is InChI=1S/C20H26F3NO3/c21-20(22,23)18-7-12-4-13(8-18)6-17(5-12,10-18)15(25)24-9-14-2-1-3-19(14,11-24)16(26)27/h12-14H,1-11H2,(H,26,27)/t12?,13?,14-,17?,18?,19+/m0/s1. The first-order valence-electron chi connectivity index (χ1n) is 10.2. The molecule has 4 nitrogen and oxygen atoms in total. The number of halogens is 3. The fraction of sp³-hybridized carbons (Fsp3) is 0.900. The van der Waals surface area contributed by atoms with Gasteiger partial charge in [0.05, 0.1) is 16.2 Å². The molecule has 7 heteroatoms. The topological polar surface area (TPSA) is 57.6 Å². The molecule has 4 atom stereocenters. The molecule has 6 rings (SSSR count). The first-order chi connectivity index (χ1) is 12.6. The number of amides is 1. The van der Waals surface area contributed by atoms with Gasteiger partial charge in [-0.1, -0.05) is 6.42 Å². The van der Waals surface area contributed by atoms with Crippen LogP contribution in [0, 0.1) is 34.0 Å². The third kappa shape index (κ3) is 2.23. The highest BCUT2D eigenvalue weighted by molar-refractivity contribution is 5.86.